The lowest BCUT2D eigenvalue weighted by Crippen LogP contribution is -2.15. The van der Waals surface area contributed by atoms with Gasteiger partial charge in [0.2, 0.25) is 0 Å². The van der Waals surface area contributed by atoms with Crippen molar-refractivity contribution in [3.8, 4) is 5.75 Å². The Bertz CT molecular complexity index is 972. The molecule has 1 aromatic heterocycles. The van der Waals surface area contributed by atoms with Gasteiger partial charge in [-0.1, -0.05) is 35.9 Å². The molecule has 140 valence electrons. The highest BCUT2D eigenvalue weighted by Crippen LogP contribution is 2.24. The van der Waals surface area contributed by atoms with E-state index in [2.05, 4.69) is 10.2 Å². The molecule has 0 atom stereocenters. The average Bonchev–Trinajstić information content (AvgIpc) is 3.00. The van der Waals surface area contributed by atoms with Crippen LogP contribution in [0.15, 0.2) is 36.4 Å². The van der Waals surface area contributed by atoms with Gasteiger partial charge in [0.25, 0.3) is 5.91 Å². The van der Waals surface area contributed by atoms with Crippen molar-refractivity contribution >= 4 is 17.5 Å². The maximum Gasteiger partial charge on any atom is 0.252 e. The molecule has 0 saturated heterocycles. The van der Waals surface area contributed by atoms with Gasteiger partial charge in [0, 0.05) is 11.4 Å². The summed E-state index contributed by atoms with van der Waals surface area (Å²) in [6.07, 6.45) is 1.78. The van der Waals surface area contributed by atoms with E-state index in [1.54, 1.807) is 6.07 Å². The first-order valence-electron chi connectivity index (χ1n) is 8.74. The number of H-pyrrole nitrogens is 1. The van der Waals surface area contributed by atoms with Crippen molar-refractivity contribution in [1.82, 2.24) is 10.2 Å². The number of hydrogen-bond acceptors (Lipinski definition) is 3. The maximum atomic E-state index is 12.0. The number of primary amides is 1. The molecule has 0 aliphatic heterocycles. The van der Waals surface area contributed by atoms with Crippen LogP contribution in [-0.4, -0.2) is 21.2 Å². The van der Waals surface area contributed by atoms with Gasteiger partial charge in [-0.05, 0) is 61.1 Å². The van der Waals surface area contributed by atoms with Crippen LogP contribution in [0.5, 0.6) is 5.75 Å². The molecule has 3 rings (SSSR count). The predicted molar refractivity (Wildman–Crippen MR) is 106 cm³/mol. The highest BCUT2D eigenvalue weighted by molar-refractivity contribution is 6.30. The number of nitrogens with one attached hydrogen (secondary N) is 1. The third kappa shape index (κ3) is 4.31. The Labute approximate surface area is 163 Å². The first kappa shape index (κ1) is 19.0. The third-order valence-electron chi connectivity index (χ3n) is 4.63. The van der Waals surface area contributed by atoms with Gasteiger partial charge in [0.1, 0.15) is 5.75 Å². The fourth-order valence-electron chi connectivity index (χ4n) is 3.32. The molecule has 0 spiro atoms. The van der Waals surface area contributed by atoms with E-state index < -0.39 is 5.91 Å². The fraction of sp³-hybridized carbons (Fsp3) is 0.238. The molecule has 0 fully saturated rings. The van der Waals surface area contributed by atoms with Crippen LogP contribution in [0.2, 0.25) is 5.02 Å². The second-order valence-electron chi connectivity index (χ2n) is 6.77. The first-order valence-corrected chi connectivity index (χ1v) is 9.12. The summed E-state index contributed by atoms with van der Waals surface area (Å²) in [7, 11) is 0. The lowest BCUT2D eigenvalue weighted by molar-refractivity contribution is 0.0998. The minimum atomic E-state index is -0.492. The summed E-state index contributed by atoms with van der Waals surface area (Å²) >= 11 is 6.04. The van der Waals surface area contributed by atoms with E-state index in [9.17, 15) is 9.90 Å². The zero-order valence-electron chi connectivity index (χ0n) is 15.3. The molecule has 0 aliphatic carbocycles. The monoisotopic (exact) mass is 383 g/mol. The number of aryl methyl sites for hydroxylation is 4. The molecule has 5 nitrogen and oxygen atoms in total. The number of nitrogens with two attached hydrogens (primary N) is 1. The Morgan fingerprint density at radius 1 is 1.15 bits per heavy atom. The Balaban J connectivity index is 1.82. The second kappa shape index (κ2) is 7.84. The van der Waals surface area contributed by atoms with Crippen molar-refractivity contribution in [2.45, 2.75) is 33.1 Å². The van der Waals surface area contributed by atoms with Gasteiger partial charge in [-0.15, -0.1) is 0 Å². The van der Waals surface area contributed by atoms with Crippen molar-refractivity contribution in [2.24, 2.45) is 5.73 Å². The van der Waals surface area contributed by atoms with Crippen LogP contribution in [0.25, 0.3) is 0 Å². The molecule has 3 aromatic rings. The SMILES string of the molecule is Cc1cc(CCc2n[nH]c(Cc3cccc(Cl)c3)c2C(N)=O)cc(C)c1O. The number of amides is 1. The number of nitrogens with zero attached hydrogens (tertiary/aromatic N) is 1. The zero-order chi connectivity index (χ0) is 19.6. The topological polar surface area (TPSA) is 92.0 Å². The number of aromatic nitrogens is 2. The zero-order valence-corrected chi connectivity index (χ0v) is 16.1. The van der Waals surface area contributed by atoms with Gasteiger partial charge in [-0.3, -0.25) is 9.89 Å². The van der Waals surface area contributed by atoms with E-state index in [1.807, 2.05) is 44.2 Å². The Morgan fingerprint density at radius 3 is 2.48 bits per heavy atom. The quantitative estimate of drug-likeness (QED) is 0.603. The summed E-state index contributed by atoms with van der Waals surface area (Å²) < 4.78 is 0. The normalized spacial score (nSPS) is 10.9. The van der Waals surface area contributed by atoms with E-state index in [0.717, 1.165) is 22.3 Å². The number of halogens is 1. The van der Waals surface area contributed by atoms with Crippen molar-refractivity contribution in [3.63, 3.8) is 0 Å². The lowest BCUT2D eigenvalue weighted by Gasteiger charge is -2.08. The standard InChI is InChI=1S/C21H22ClN3O2/c1-12-8-15(9-13(2)20(12)26)6-7-17-19(21(23)27)18(25-24-17)11-14-4-3-5-16(22)10-14/h3-5,8-10,26H,6-7,11H2,1-2H3,(H2,23,27)(H,24,25). The van der Waals surface area contributed by atoms with E-state index in [1.165, 1.54) is 0 Å². The van der Waals surface area contributed by atoms with Gasteiger partial charge >= 0.3 is 0 Å². The first-order chi connectivity index (χ1) is 12.8. The number of carbonyl (C=O) groups is 1. The van der Waals surface area contributed by atoms with Crippen molar-refractivity contribution < 1.29 is 9.90 Å². The number of phenolic OH excluding ortho intramolecular Hbond substituents is 1. The van der Waals surface area contributed by atoms with Crippen LogP contribution in [0.1, 0.15) is 44.0 Å². The summed E-state index contributed by atoms with van der Waals surface area (Å²) in [6.45, 7) is 3.75. The summed E-state index contributed by atoms with van der Waals surface area (Å²) in [4.78, 5) is 12.0. The van der Waals surface area contributed by atoms with Gasteiger partial charge < -0.3 is 10.8 Å². The van der Waals surface area contributed by atoms with Crippen LogP contribution < -0.4 is 5.73 Å². The van der Waals surface area contributed by atoms with Crippen molar-refractivity contribution in [1.29, 1.82) is 0 Å². The molecule has 0 unspecified atom stereocenters. The number of phenols is 1. The predicted octanol–water partition coefficient (Wildman–Crippen LogP) is 3.86. The number of aromatic hydroxyl groups is 1. The molecule has 6 heteroatoms. The Kier molecular flexibility index (Phi) is 5.51. The van der Waals surface area contributed by atoms with Crippen molar-refractivity contribution in [3.05, 3.63) is 80.6 Å². The summed E-state index contributed by atoms with van der Waals surface area (Å²) in [5, 5.41) is 17.8. The van der Waals surface area contributed by atoms with Gasteiger partial charge in [-0.2, -0.15) is 5.10 Å². The second-order valence-corrected chi connectivity index (χ2v) is 7.21. The van der Waals surface area contributed by atoms with E-state index in [-0.39, 0.29) is 0 Å². The molecule has 0 radical (unpaired) electrons. The van der Waals surface area contributed by atoms with Crippen LogP contribution in [-0.2, 0) is 19.3 Å². The fourth-order valence-corrected chi connectivity index (χ4v) is 3.54. The van der Waals surface area contributed by atoms with Crippen molar-refractivity contribution in [2.75, 3.05) is 0 Å². The Morgan fingerprint density at radius 2 is 1.85 bits per heavy atom. The van der Waals surface area contributed by atoms with E-state index in [0.29, 0.717) is 47.0 Å². The van der Waals surface area contributed by atoms with E-state index in [4.69, 9.17) is 17.3 Å². The number of hydrogen-bond donors (Lipinski definition) is 3. The minimum Gasteiger partial charge on any atom is -0.507 e. The molecule has 27 heavy (non-hydrogen) atoms. The summed E-state index contributed by atoms with van der Waals surface area (Å²) in [5.74, 6) is -0.172. The molecule has 1 heterocycles. The van der Waals surface area contributed by atoms with Gasteiger partial charge in [0.05, 0.1) is 17.0 Å². The highest BCUT2D eigenvalue weighted by atomic mass is 35.5. The highest BCUT2D eigenvalue weighted by Gasteiger charge is 2.18. The molecule has 1 amide bonds. The number of carbonyl (C=O) groups excluding carboxylic acids is 1. The number of rotatable bonds is 6. The van der Waals surface area contributed by atoms with Crippen LogP contribution in [0, 0.1) is 13.8 Å². The van der Waals surface area contributed by atoms with Crippen LogP contribution >= 0.6 is 11.6 Å². The molecular weight excluding hydrogens is 362 g/mol. The van der Waals surface area contributed by atoms with E-state index >= 15 is 0 Å². The molecule has 4 N–H and O–H groups in total. The largest absolute Gasteiger partial charge is 0.507 e. The van der Waals surface area contributed by atoms with Gasteiger partial charge in [0.15, 0.2) is 0 Å². The minimum absolute atomic E-state index is 0.320. The molecule has 0 saturated carbocycles. The smallest absolute Gasteiger partial charge is 0.252 e. The molecule has 2 aromatic carbocycles. The summed E-state index contributed by atoms with van der Waals surface area (Å²) in [5.41, 5.74) is 11.1. The maximum absolute atomic E-state index is 12.0. The average molecular weight is 384 g/mol. The Hall–Kier alpha value is -2.79. The third-order valence-corrected chi connectivity index (χ3v) is 4.87. The molecule has 0 bridgehead atoms. The number of benzene rings is 2. The van der Waals surface area contributed by atoms with Crippen LogP contribution in [0.3, 0.4) is 0 Å². The molecule has 0 aliphatic rings. The van der Waals surface area contributed by atoms with Gasteiger partial charge in [-0.25, -0.2) is 0 Å². The summed E-state index contributed by atoms with van der Waals surface area (Å²) in [6, 6.07) is 11.4. The lowest BCUT2D eigenvalue weighted by atomic mass is 9.99. The number of aromatic amines is 1. The van der Waals surface area contributed by atoms with Crippen LogP contribution in [0.4, 0.5) is 0 Å². The molecular formula is C21H22ClN3O2.